The fourth-order valence-electron chi connectivity index (χ4n) is 3.74. The smallest absolute Gasteiger partial charge is 0.322 e. The van der Waals surface area contributed by atoms with Gasteiger partial charge in [0.2, 0.25) is 0 Å². The van der Waals surface area contributed by atoms with Crippen molar-refractivity contribution >= 4 is 11.7 Å². The molecule has 7 heteroatoms. The van der Waals surface area contributed by atoms with E-state index in [-0.39, 0.29) is 6.03 Å². The lowest BCUT2D eigenvalue weighted by Crippen LogP contribution is -2.39. The molecule has 0 aliphatic carbocycles. The average Bonchev–Trinajstić information content (AvgIpc) is 3.10. The summed E-state index contributed by atoms with van der Waals surface area (Å²) in [5.74, 6) is 0.639. The maximum atomic E-state index is 12.9. The number of nitrogens with one attached hydrogen (secondary N) is 1. The topological polar surface area (TPSA) is 68.6 Å². The van der Waals surface area contributed by atoms with Crippen molar-refractivity contribution in [3.05, 3.63) is 77.1 Å². The molecule has 1 N–H and O–H groups in total. The van der Waals surface area contributed by atoms with Crippen LogP contribution in [0.25, 0.3) is 0 Å². The van der Waals surface area contributed by atoms with E-state index < -0.39 is 0 Å². The van der Waals surface area contributed by atoms with Gasteiger partial charge in [-0.15, -0.1) is 0 Å². The molecular formula is C23H26N4O3. The van der Waals surface area contributed by atoms with E-state index in [2.05, 4.69) is 10.4 Å². The number of carbonyl (C=O) groups excluding carboxylic acids is 1. The number of carbonyl (C=O) groups is 1. The standard InChI is InChI=1S/C23H26N4O3/c1-26-21-12-13-27(23(28)24-19-10-6-7-11-22(19)29-2)14-18(21)20(25-26)16-30-15-17-8-4-3-5-9-17/h3-11H,12-16H2,1-2H3,(H,24,28). The van der Waals surface area contributed by atoms with Crippen molar-refractivity contribution in [1.82, 2.24) is 14.7 Å². The van der Waals surface area contributed by atoms with Crippen molar-refractivity contribution < 1.29 is 14.3 Å². The molecular weight excluding hydrogens is 380 g/mol. The van der Waals surface area contributed by atoms with Crippen LogP contribution in [0.4, 0.5) is 10.5 Å². The van der Waals surface area contributed by atoms with Crippen molar-refractivity contribution in [1.29, 1.82) is 0 Å². The molecule has 0 radical (unpaired) electrons. The van der Waals surface area contributed by atoms with E-state index in [0.29, 0.717) is 37.7 Å². The molecule has 2 aromatic carbocycles. The van der Waals surface area contributed by atoms with Crippen LogP contribution in [-0.2, 0) is 38.0 Å². The highest BCUT2D eigenvalue weighted by atomic mass is 16.5. The first-order valence-corrected chi connectivity index (χ1v) is 10.00. The molecule has 1 aromatic heterocycles. The van der Waals surface area contributed by atoms with Gasteiger partial charge in [0.15, 0.2) is 0 Å². The van der Waals surface area contributed by atoms with E-state index in [1.807, 2.05) is 66.3 Å². The predicted octanol–water partition coefficient (Wildman–Crippen LogP) is 3.74. The van der Waals surface area contributed by atoms with Gasteiger partial charge in [0.1, 0.15) is 5.75 Å². The summed E-state index contributed by atoms with van der Waals surface area (Å²) in [5.41, 5.74) is 4.91. The van der Waals surface area contributed by atoms with E-state index in [1.165, 1.54) is 0 Å². The van der Waals surface area contributed by atoms with Crippen molar-refractivity contribution in [2.45, 2.75) is 26.2 Å². The van der Waals surface area contributed by atoms with E-state index >= 15 is 0 Å². The first kappa shape index (κ1) is 20.0. The van der Waals surface area contributed by atoms with Gasteiger partial charge in [0.05, 0.1) is 38.2 Å². The number of ether oxygens (including phenoxy) is 2. The van der Waals surface area contributed by atoms with Gasteiger partial charge >= 0.3 is 6.03 Å². The molecule has 2 amide bonds. The number of aryl methyl sites for hydroxylation is 1. The Hall–Kier alpha value is -3.32. The summed E-state index contributed by atoms with van der Waals surface area (Å²) >= 11 is 0. The van der Waals surface area contributed by atoms with Gasteiger partial charge in [0.25, 0.3) is 0 Å². The molecule has 0 saturated heterocycles. The molecule has 4 rings (SSSR count). The monoisotopic (exact) mass is 406 g/mol. The number of urea groups is 1. The Morgan fingerprint density at radius 3 is 2.67 bits per heavy atom. The number of nitrogens with zero attached hydrogens (tertiary/aromatic N) is 3. The first-order chi connectivity index (χ1) is 14.7. The van der Waals surface area contributed by atoms with Gasteiger partial charge < -0.3 is 19.7 Å². The molecule has 0 fully saturated rings. The van der Waals surface area contributed by atoms with E-state index in [1.54, 1.807) is 12.0 Å². The van der Waals surface area contributed by atoms with Gasteiger partial charge in [0, 0.05) is 31.3 Å². The number of fused-ring (bicyclic) bond motifs is 1. The minimum atomic E-state index is -0.148. The van der Waals surface area contributed by atoms with Gasteiger partial charge in [-0.2, -0.15) is 5.10 Å². The Morgan fingerprint density at radius 1 is 1.10 bits per heavy atom. The maximum absolute atomic E-state index is 12.9. The third kappa shape index (κ3) is 4.31. The van der Waals surface area contributed by atoms with Gasteiger partial charge in [-0.25, -0.2) is 4.79 Å². The number of rotatable bonds is 6. The lowest BCUT2D eigenvalue weighted by Gasteiger charge is -2.28. The highest BCUT2D eigenvalue weighted by Crippen LogP contribution is 2.26. The normalized spacial score (nSPS) is 13.1. The molecule has 2 heterocycles. The van der Waals surface area contributed by atoms with Crippen LogP contribution in [0.3, 0.4) is 0 Å². The quantitative estimate of drug-likeness (QED) is 0.677. The van der Waals surface area contributed by atoms with Crippen molar-refractivity contribution in [3.8, 4) is 5.75 Å². The Kier molecular flexibility index (Phi) is 5.99. The Labute approximate surface area is 176 Å². The van der Waals surface area contributed by atoms with Crippen LogP contribution < -0.4 is 10.1 Å². The largest absolute Gasteiger partial charge is 0.495 e. The zero-order valence-corrected chi connectivity index (χ0v) is 17.3. The summed E-state index contributed by atoms with van der Waals surface area (Å²) in [7, 11) is 3.54. The fourth-order valence-corrected chi connectivity index (χ4v) is 3.74. The zero-order valence-electron chi connectivity index (χ0n) is 17.3. The second-order valence-corrected chi connectivity index (χ2v) is 7.28. The number of hydrogen-bond acceptors (Lipinski definition) is 4. The Morgan fingerprint density at radius 2 is 1.87 bits per heavy atom. The third-order valence-electron chi connectivity index (χ3n) is 5.31. The molecule has 0 unspecified atom stereocenters. The van der Waals surface area contributed by atoms with Crippen LogP contribution in [0, 0.1) is 0 Å². The molecule has 7 nitrogen and oxygen atoms in total. The zero-order chi connectivity index (χ0) is 20.9. The number of benzene rings is 2. The molecule has 0 saturated carbocycles. The average molecular weight is 406 g/mol. The molecule has 1 aliphatic heterocycles. The number of methoxy groups -OCH3 is 1. The van der Waals surface area contributed by atoms with Crippen LogP contribution in [0.5, 0.6) is 5.75 Å². The van der Waals surface area contributed by atoms with Gasteiger partial charge in [-0.05, 0) is 17.7 Å². The summed E-state index contributed by atoms with van der Waals surface area (Å²) in [6.45, 7) is 2.09. The van der Waals surface area contributed by atoms with Gasteiger partial charge in [-0.3, -0.25) is 4.68 Å². The lowest BCUT2D eigenvalue weighted by atomic mass is 10.1. The minimum absolute atomic E-state index is 0.148. The summed E-state index contributed by atoms with van der Waals surface area (Å²) in [6, 6.07) is 17.3. The predicted molar refractivity (Wildman–Crippen MR) is 114 cm³/mol. The van der Waals surface area contributed by atoms with Gasteiger partial charge in [-0.1, -0.05) is 42.5 Å². The van der Waals surface area contributed by atoms with Crippen LogP contribution in [0.2, 0.25) is 0 Å². The first-order valence-electron chi connectivity index (χ1n) is 10.00. The summed E-state index contributed by atoms with van der Waals surface area (Å²) in [6.07, 6.45) is 0.761. The molecule has 1 aliphatic rings. The SMILES string of the molecule is COc1ccccc1NC(=O)N1CCc2c(c(COCc3ccccc3)nn2C)C1. The molecule has 0 atom stereocenters. The van der Waals surface area contributed by atoms with Crippen molar-refractivity contribution in [2.75, 3.05) is 19.0 Å². The minimum Gasteiger partial charge on any atom is -0.495 e. The number of para-hydroxylation sites is 2. The molecule has 0 spiro atoms. The maximum Gasteiger partial charge on any atom is 0.322 e. The number of amides is 2. The molecule has 30 heavy (non-hydrogen) atoms. The summed E-state index contributed by atoms with van der Waals surface area (Å²) in [4.78, 5) is 14.7. The Bertz CT molecular complexity index is 1020. The Balaban J connectivity index is 1.43. The highest BCUT2D eigenvalue weighted by Gasteiger charge is 2.27. The van der Waals surface area contributed by atoms with E-state index in [4.69, 9.17) is 9.47 Å². The van der Waals surface area contributed by atoms with E-state index in [9.17, 15) is 4.79 Å². The van der Waals surface area contributed by atoms with Crippen LogP contribution in [0.1, 0.15) is 22.5 Å². The van der Waals surface area contributed by atoms with Crippen molar-refractivity contribution in [2.24, 2.45) is 7.05 Å². The third-order valence-corrected chi connectivity index (χ3v) is 5.31. The second-order valence-electron chi connectivity index (χ2n) is 7.28. The van der Waals surface area contributed by atoms with Crippen molar-refractivity contribution in [3.63, 3.8) is 0 Å². The van der Waals surface area contributed by atoms with Crippen LogP contribution >= 0.6 is 0 Å². The highest BCUT2D eigenvalue weighted by molar-refractivity contribution is 5.91. The second kappa shape index (κ2) is 9.00. The number of hydrogen-bond donors (Lipinski definition) is 1. The molecule has 156 valence electrons. The van der Waals surface area contributed by atoms with E-state index in [0.717, 1.165) is 28.9 Å². The summed E-state index contributed by atoms with van der Waals surface area (Å²) in [5, 5.41) is 7.60. The lowest BCUT2D eigenvalue weighted by molar-refractivity contribution is 0.103. The number of anilines is 1. The number of aromatic nitrogens is 2. The van der Waals surface area contributed by atoms with Crippen LogP contribution in [0.15, 0.2) is 54.6 Å². The summed E-state index contributed by atoms with van der Waals surface area (Å²) < 4.78 is 13.1. The molecule has 0 bridgehead atoms. The van der Waals surface area contributed by atoms with Crippen LogP contribution in [-0.4, -0.2) is 34.4 Å². The fraction of sp³-hybridized carbons (Fsp3) is 0.304. The molecule has 3 aromatic rings.